The van der Waals surface area contributed by atoms with Crippen LogP contribution in [-0.4, -0.2) is 11.9 Å². The zero-order chi connectivity index (χ0) is 31.6. The average molecular weight is 591 g/mol. The Kier molecular flexibility index (Phi) is 14.8. The van der Waals surface area contributed by atoms with Gasteiger partial charge in [-0.15, -0.1) is 0 Å². The number of hydrogen-bond acceptors (Lipinski definition) is 4. The van der Waals surface area contributed by atoms with Gasteiger partial charge in [-0.3, -0.25) is 0 Å². The lowest BCUT2D eigenvalue weighted by Gasteiger charge is -2.28. The molecule has 0 N–H and O–H groups in total. The summed E-state index contributed by atoms with van der Waals surface area (Å²) in [6.07, 6.45) is 15.2. The van der Waals surface area contributed by atoms with Crippen molar-refractivity contribution in [2.45, 2.75) is 84.0 Å². The van der Waals surface area contributed by atoms with Crippen molar-refractivity contribution >= 4 is 11.9 Å². The van der Waals surface area contributed by atoms with Gasteiger partial charge in [-0.1, -0.05) is 88.8 Å². The first kappa shape index (κ1) is 34.1. The molecule has 0 unspecified atom stereocenters. The molecule has 44 heavy (non-hydrogen) atoms. The molecule has 4 rings (SSSR count). The highest BCUT2D eigenvalue weighted by atomic mass is 16.5. The average Bonchev–Trinajstić information content (AvgIpc) is 3.06. The highest BCUT2D eigenvalue weighted by Gasteiger charge is 2.21. The zero-order valence-electron chi connectivity index (χ0n) is 26.4. The van der Waals surface area contributed by atoms with E-state index in [0.29, 0.717) is 17.4 Å². The van der Waals surface area contributed by atoms with Gasteiger partial charge in [0.15, 0.2) is 0 Å². The lowest BCUT2D eigenvalue weighted by molar-refractivity contribution is -0.129. The van der Waals surface area contributed by atoms with Crippen LogP contribution in [-0.2, 0) is 16.0 Å². The molecule has 0 radical (unpaired) electrons. The summed E-state index contributed by atoms with van der Waals surface area (Å²) in [6.45, 7) is 11.3. The van der Waals surface area contributed by atoms with Crippen molar-refractivity contribution in [2.24, 2.45) is 5.92 Å². The molecule has 1 saturated carbocycles. The van der Waals surface area contributed by atoms with E-state index in [0.717, 1.165) is 29.5 Å². The number of unbranched alkanes of at least 4 members (excludes halogenated alkanes) is 2. The van der Waals surface area contributed by atoms with Crippen LogP contribution < -0.4 is 9.47 Å². The highest BCUT2D eigenvalue weighted by Crippen LogP contribution is 2.37. The Balaban J connectivity index is 0.000000244. The van der Waals surface area contributed by atoms with Crippen LogP contribution in [0.4, 0.5) is 0 Å². The van der Waals surface area contributed by atoms with Crippen LogP contribution in [0, 0.1) is 17.8 Å². The van der Waals surface area contributed by atoms with Crippen LogP contribution in [0.3, 0.4) is 0 Å². The van der Waals surface area contributed by atoms with Crippen molar-refractivity contribution in [1.82, 2.24) is 0 Å². The number of rotatable bonds is 11. The van der Waals surface area contributed by atoms with E-state index in [-0.39, 0.29) is 0 Å². The fourth-order valence-electron chi connectivity index (χ4n) is 5.40. The maximum atomic E-state index is 11.1. The molecule has 4 heteroatoms. The minimum Gasteiger partial charge on any atom is -0.423 e. The first-order valence-electron chi connectivity index (χ1n) is 15.9. The number of ether oxygens (including phenoxy) is 2. The summed E-state index contributed by atoms with van der Waals surface area (Å²) < 4.78 is 10.1. The first-order chi connectivity index (χ1) is 21.4. The van der Waals surface area contributed by atoms with Crippen molar-refractivity contribution in [3.8, 4) is 23.3 Å². The number of esters is 2. The third kappa shape index (κ3) is 12.1. The van der Waals surface area contributed by atoms with E-state index in [1.165, 1.54) is 75.0 Å². The number of carbonyl (C=O) groups is 2. The van der Waals surface area contributed by atoms with Crippen molar-refractivity contribution < 1.29 is 19.1 Å². The molecule has 4 nitrogen and oxygen atoms in total. The topological polar surface area (TPSA) is 52.6 Å². The number of hydrogen-bond donors (Lipinski definition) is 0. The van der Waals surface area contributed by atoms with E-state index in [2.05, 4.69) is 75.2 Å². The maximum Gasteiger partial charge on any atom is 0.335 e. The van der Waals surface area contributed by atoms with Crippen molar-refractivity contribution in [3.63, 3.8) is 0 Å². The largest absolute Gasteiger partial charge is 0.423 e. The third-order valence-electron chi connectivity index (χ3n) is 7.89. The SMILES string of the molecule is C=CC(=O)Oc1ccc(C#Cc2ccc(CCCCC)cc2)cc1.C=CC(=O)Oc1ccc(C2CCC(CCC)CC2)cc1. The predicted octanol–water partition coefficient (Wildman–Crippen LogP) is 9.76. The Hall–Kier alpha value is -4.36. The van der Waals surface area contributed by atoms with Crippen LogP contribution in [0.5, 0.6) is 11.5 Å². The van der Waals surface area contributed by atoms with E-state index in [1.807, 2.05) is 24.3 Å². The number of aryl methyl sites for hydroxylation is 1. The standard InChI is InChI=1S/C22H22O2.C18H24O2/c1-3-5-6-7-18-8-10-19(11-9-18)12-13-20-14-16-21(17-15-20)24-22(23)4-2;1-3-5-14-6-8-15(9-7-14)16-10-12-17(13-11-16)20-18(19)4-2/h4,8-11,14-17H,2-3,5-7H2,1H3;4,10-15H,2-3,5-9H2,1H3. The van der Waals surface area contributed by atoms with Crippen LogP contribution in [0.2, 0.25) is 0 Å². The smallest absolute Gasteiger partial charge is 0.335 e. The van der Waals surface area contributed by atoms with Gasteiger partial charge in [-0.25, -0.2) is 9.59 Å². The van der Waals surface area contributed by atoms with Crippen LogP contribution in [0.1, 0.15) is 99.8 Å². The molecule has 0 aromatic heterocycles. The van der Waals surface area contributed by atoms with Gasteiger partial charge in [0.25, 0.3) is 0 Å². The molecule has 1 aliphatic rings. The summed E-state index contributed by atoms with van der Waals surface area (Å²) in [7, 11) is 0. The van der Waals surface area contributed by atoms with Gasteiger partial charge in [-0.2, -0.15) is 0 Å². The van der Waals surface area contributed by atoms with Crippen molar-refractivity contribution in [2.75, 3.05) is 0 Å². The molecule has 0 heterocycles. The van der Waals surface area contributed by atoms with Crippen molar-refractivity contribution in [1.29, 1.82) is 0 Å². The summed E-state index contributed by atoms with van der Waals surface area (Å²) in [5.41, 5.74) is 4.61. The molecule has 0 spiro atoms. The van der Waals surface area contributed by atoms with Gasteiger partial charge in [0.2, 0.25) is 0 Å². The number of carbonyl (C=O) groups excluding carboxylic acids is 2. The Morgan fingerprint density at radius 1 is 0.705 bits per heavy atom. The summed E-state index contributed by atoms with van der Waals surface area (Å²) in [6, 6.07) is 23.5. The molecule has 0 aliphatic heterocycles. The van der Waals surface area contributed by atoms with Gasteiger partial charge < -0.3 is 9.47 Å². The molecular weight excluding hydrogens is 544 g/mol. The lowest BCUT2D eigenvalue weighted by atomic mass is 9.77. The van der Waals surface area contributed by atoms with Gasteiger partial charge in [0.05, 0.1) is 0 Å². The van der Waals surface area contributed by atoms with Gasteiger partial charge in [-0.05, 0) is 110 Å². The van der Waals surface area contributed by atoms with E-state index in [9.17, 15) is 9.59 Å². The maximum absolute atomic E-state index is 11.1. The second-order valence-corrected chi connectivity index (χ2v) is 11.3. The molecular formula is C40H46O4. The highest BCUT2D eigenvalue weighted by molar-refractivity contribution is 5.83. The monoisotopic (exact) mass is 590 g/mol. The fraction of sp³-hybridized carbons (Fsp3) is 0.350. The molecule has 1 fully saturated rings. The molecule has 0 saturated heterocycles. The molecule has 0 bridgehead atoms. The molecule has 0 amide bonds. The van der Waals surface area contributed by atoms with Gasteiger partial charge >= 0.3 is 11.9 Å². The Labute approximate surface area is 264 Å². The van der Waals surface area contributed by atoms with Crippen LogP contribution in [0.15, 0.2) is 98.1 Å². The second kappa shape index (κ2) is 19.0. The number of benzene rings is 3. The van der Waals surface area contributed by atoms with Gasteiger partial charge in [0.1, 0.15) is 11.5 Å². The Morgan fingerprint density at radius 2 is 1.20 bits per heavy atom. The fourth-order valence-corrected chi connectivity index (χ4v) is 5.40. The molecule has 230 valence electrons. The summed E-state index contributed by atoms with van der Waals surface area (Å²) >= 11 is 0. The summed E-state index contributed by atoms with van der Waals surface area (Å²) in [4.78, 5) is 22.2. The van der Waals surface area contributed by atoms with Crippen LogP contribution >= 0.6 is 0 Å². The summed E-state index contributed by atoms with van der Waals surface area (Å²) in [5.74, 6) is 8.09. The van der Waals surface area contributed by atoms with E-state index in [4.69, 9.17) is 9.47 Å². The van der Waals surface area contributed by atoms with E-state index in [1.54, 1.807) is 12.1 Å². The minimum absolute atomic E-state index is 0.405. The van der Waals surface area contributed by atoms with Crippen molar-refractivity contribution in [3.05, 3.63) is 120 Å². The Morgan fingerprint density at radius 3 is 1.68 bits per heavy atom. The van der Waals surface area contributed by atoms with Gasteiger partial charge in [0, 0.05) is 23.3 Å². The minimum atomic E-state index is -0.465. The lowest BCUT2D eigenvalue weighted by Crippen LogP contribution is -2.13. The third-order valence-corrected chi connectivity index (χ3v) is 7.89. The summed E-state index contributed by atoms with van der Waals surface area (Å²) in [5, 5.41) is 0. The van der Waals surface area contributed by atoms with Crippen LogP contribution in [0.25, 0.3) is 0 Å². The zero-order valence-corrected chi connectivity index (χ0v) is 26.4. The van der Waals surface area contributed by atoms with E-state index < -0.39 is 11.9 Å². The predicted molar refractivity (Wildman–Crippen MR) is 180 cm³/mol. The molecule has 3 aromatic carbocycles. The molecule has 3 aromatic rings. The first-order valence-corrected chi connectivity index (χ1v) is 15.9. The quantitative estimate of drug-likeness (QED) is 0.0733. The second-order valence-electron chi connectivity index (χ2n) is 11.3. The molecule has 0 atom stereocenters. The van der Waals surface area contributed by atoms with E-state index >= 15 is 0 Å². The Bertz CT molecular complexity index is 1380. The molecule has 1 aliphatic carbocycles. The normalized spacial score (nSPS) is 15.4.